The number of amides is 1. The number of para-hydroxylation sites is 1. The summed E-state index contributed by atoms with van der Waals surface area (Å²) in [5.41, 5.74) is 0.0766. The number of carbonyl (C=O) groups is 1. The molecule has 0 fully saturated rings. The minimum absolute atomic E-state index is 0.000717. The Morgan fingerprint density at radius 2 is 1.85 bits per heavy atom. The second kappa shape index (κ2) is 11.6. The van der Waals surface area contributed by atoms with Crippen molar-refractivity contribution in [1.82, 2.24) is 18.8 Å². The van der Waals surface area contributed by atoms with E-state index < -0.39 is 44.0 Å². The number of imidazole rings is 1. The first-order chi connectivity index (χ1) is 18.8. The van der Waals surface area contributed by atoms with Gasteiger partial charge in [0.15, 0.2) is 10.8 Å². The monoisotopic (exact) mass is 591 g/mol. The maximum atomic E-state index is 13.6. The molecule has 0 bridgehead atoms. The summed E-state index contributed by atoms with van der Waals surface area (Å²) in [4.78, 5) is 19.1. The first kappa shape index (κ1) is 29.5. The van der Waals surface area contributed by atoms with Crippen molar-refractivity contribution in [2.24, 2.45) is 13.0 Å². The van der Waals surface area contributed by atoms with Gasteiger partial charge in [-0.15, -0.1) is 0 Å². The van der Waals surface area contributed by atoms with E-state index in [9.17, 15) is 26.7 Å². The van der Waals surface area contributed by atoms with E-state index in [0.717, 1.165) is 0 Å². The number of likely N-dealkylation sites (N-methyl/N-ethyl adjacent to an activating group) is 1. The highest BCUT2D eigenvalue weighted by Crippen LogP contribution is 2.36. The summed E-state index contributed by atoms with van der Waals surface area (Å²) in [5.74, 6) is -0.893. The van der Waals surface area contributed by atoms with Crippen molar-refractivity contribution < 1.29 is 31.5 Å². The number of aryl methyl sites for hydroxylation is 1. The van der Waals surface area contributed by atoms with Crippen LogP contribution in [0.1, 0.15) is 24.2 Å². The molecule has 2 N–H and O–H groups in total. The van der Waals surface area contributed by atoms with Gasteiger partial charge in [-0.1, -0.05) is 31.2 Å². The van der Waals surface area contributed by atoms with Crippen LogP contribution in [0.2, 0.25) is 0 Å². The largest absolute Gasteiger partial charge is 0.486 e. The smallest absolute Gasteiger partial charge is 0.281 e. The lowest BCUT2D eigenvalue weighted by Gasteiger charge is -2.38. The molecule has 3 aromatic rings. The maximum Gasteiger partial charge on any atom is 0.281 e. The van der Waals surface area contributed by atoms with Crippen LogP contribution in [-0.2, 0) is 27.1 Å². The molecule has 0 unspecified atom stereocenters. The molecule has 0 aliphatic carbocycles. The normalized spacial score (nSPS) is 18.9. The lowest BCUT2D eigenvalue weighted by Crippen LogP contribution is -2.50. The van der Waals surface area contributed by atoms with Crippen LogP contribution in [0.15, 0.2) is 71.0 Å². The molecule has 0 saturated carbocycles. The van der Waals surface area contributed by atoms with E-state index in [-0.39, 0.29) is 46.6 Å². The highest BCUT2D eigenvalue weighted by Gasteiger charge is 2.36. The predicted octanol–water partition coefficient (Wildman–Crippen LogP) is 1.76. The fraction of sp³-hybridized carbons (Fsp3) is 0.385. The molecular weight excluding hydrogens is 558 g/mol. The molecule has 12 nitrogen and oxygen atoms in total. The van der Waals surface area contributed by atoms with Gasteiger partial charge in [-0.3, -0.25) is 9.52 Å². The van der Waals surface area contributed by atoms with Crippen LogP contribution >= 0.6 is 0 Å². The molecule has 0 radical (unpaired) electrons. The fourth-order valence-corrected chi connectivity index (χ4v) is 6.64. The van der Waals surface area contributed by atoms with Crippen LogP contribution in [0.5, 0.6) is 5.75 Å². The van der Waals surface area contributed by atoms with Gasteiger partial charge in [0, 0.05) is 32.8 Å². The number of ether oxygens (including phenoxy) is 1. The third kappa shape index (κ3) is 5.99. The molecule has 14 heteroatoms. The number of anilines is 1. The van der Waals surface area contributed by atoms with E-state index in [1.807, 2.05) is 6.92 Å². The summed E-state index contributed by atoms with van der Waals surface area (Å²) in [6.07, 6.45) is 1.89. The van der Waals surface area contributed by atoms with E-state index >= 15 is 0 Å². The van der Waals surface area contributed by atoms with Crippen molar-refractivity contribution in [2.75, 3.05) is 31.5 Å². The number of rotatable bonds is 9. The SMILES string of the molecule is C[C@H](CO)N1C[C@H](C)[C@@H](CN(C)S(=O)(=O)c2ccccc2)Oc2c(NS(=O)(=O)c3cn(C)cn3)cccc2C1=O. The van der Waals surface area contributed by atoms with Crippen molar-refractivity contribution in [3.05, 3.63) is 66.6 Å². The van der Waals surface area contributed by atoms with Gasteiger partial charge in [0.1, 0.15) is 6.10 Å². The zero-order valence-electron chi connectivity index (χ0n) is 22.6. The molecule has 1 amide bonds. The molecule has 2 aromatic carbocycles. The Hall–Kier alpha value is -3.46. The summed E-state index contributed by atoms with van der Waals surface area (Å²) < 4.78 is 64.2. The molecule has 1 aliphatic heterocycles. The molecule has 2 heterocycles. The maximum absolute atomic E-state index is 13.6. The Morgan fingerprint density at radius 3 is 2.48 bits per heavy atom. The van der Waals surface area contributed by atoms with Gasteiger partial charge < -0.3 is 19.3 Å². The zero-order chi connectivity index (χ0) is 29.2. The second-order valence-electron chi connectivity index (χ2n) is 9.89. The molecular formula is C26H33N5O7S2. The van der Waals surface area contributed by atoms with Crippen molar-refractivity contribution in [2.45, 2.75) is 35.9 Å². The summed E-state index contributed by atoms with van der Waals surface area (Å²) in [6.45, 7) is 3.29. The molecule has 0 saturated heterocycles. The van der Waals surface area contributed by atoms with Gasteiger partial charge in [-0.25, -0.2) is 13.4 Å². The Kier molecular flexibility index (Phi) is 8.54. The summed E-state index contributed by atoms with van der Waals surface area (Å²) in [7, 11) is -4.94. The third-order valence-corrected chi connectivity index (χ3v) is 9.87. The third-order valence-electron chi connectivity index (χ3n) is 6.78. The van der Waals surface area contributed by atoms with E-state index in [2.05, 4.69) is 9.71 Å². The van der Waals surface area contributed by atoms with Gasteiger partial charge in [-0.2, -0.15) is 12.7 Å². The number of benzene rings is 2. The first-order valence-electron chi connectivity index (χ1n) is 12.6. The number of sulfonamides is 2. The quantitative estimate of drug-likeness (QED) is 0.382. The molecule has 216 valence electrons. The summed E-state index contributed by atoms with van der Waals surface area (Å²) in [5, 5.41) is 9.64. The van der Waals surface area contributed by atoms with Gasteiger partial charge in [-0.05, 0) is 31.2 Å². The Balaban J connectivity index is 1.76. The van der Waals surface area contributed by atoms with Gasteiger partial charge in [0.25, 0.3) is 15.9 Å². The summed E-state index contributed by atoms with van der Waals surface area (Å²) >= 11 is 0. The predicted molar refractivity (Wildman–Crippen MR) is 148 cm³/mol. The van der Waals surface area contributed by atoms with Crippen molar-refractivity contribution in [1.29, 1.82) is 0 Å². The molecule has 0 spiro atoms. The topological polar surface area (TPSA) is 151 Å². The number of hydrogen-bond donors (Lipinski definition) is 2. The number of nitrogens with zero attached hydrogens (tertiary/aromatic N) is 4. The lowest BCUT2D eigenvalue weighted by molar-refractivity contribution is 0.0389. The fourth-order valence-electron chi connectivity index (χ4n) is 4.39. The highest BCUT2D eigenvalue weighted by molar-refractivity contribution is 7.92. The first-order valence-corrected chi connectivity index (χ1v) is 15.5. The van der Waals surface area contributed by atoms with Gasteiger partial charge in [0.05, 0.1) is 41.7 Å². The molecule has 3 atom stereocenters. The second-order valence-corrected chi connectivity index (χ2v) is 13.6. The van der Waals surface area contributed by atoms with E-state index in [1.54, 1.807) is 32.2 Å². The average molecular weight is 592 g/mol. The number of aliphatic hydroxyl groups excluding tert-OH is 1. The minimum atomic E-state index is -4.15. The molecule has 1 aromatic heterocycles. The number of fused-ring (bicyclic) bond motifs is 1. The van der Waals surface area contributed by atoms with Crippen LogP contribution in [0.4, 0.5) is 5.69 Å². The van der Waals surface area contributed by atoms with Crippen molar-refractivity contribution in [3.8, 4) is 5.75 Å². The lowest BCUT2D eigenvalue weighted by atomic mass is 9.99. The van der Waals surface area contributed by atoms with Crippen molar-refractivity contribution in [3.63, 3.8) is 0 Å². The minimum Gasteiger partial charge on any atom is -0.486 e. The molecule has 40 heavy (non-hydrogen) atoms. The summed E-state index contributed by atoms with van der Waals surface area (Å²) in [6, 6.07) is 11.9. The van der Waals surface area contributed by atoms with Crippen LogP contribution < -0.4 is 9.46 Å². The highest BCUT2D eigenvalue weighted by atomic mass is 32.2. The standard InChI is InChI=1S/C26H33N5O7S2/c1-18-13-31(19(2)16-32)26(33)21-11-8-12-22(28-39(34,35)24-15-29(3)17-27-24)25(21)38-23(18)14-30(4)40(36,37)20-9-6-5-7-10-20/h5-12,15,17-19,23,28,32H,13-14,16H2,1-4H3/t18-,19+,23+/m0/s1. The van der Waals surface area contributed by atoms with E-state index in [4.69, 9.17) is 4.74 Å². The molecule has 1 aliphatic rings. The number of aromatic nitrogens is 2. The van der Waals surface area contributed by atoms with Gasteiger partial charge in [0.2, 0.25) is 10.0 Å². The van der Waals surface area contributed by atoms with E-state index in [0.29, 0.717) is 0 Å². The zero-order valence-corrected chi connectivity index (χ0v) is 24.3. The van der Waals surface area contributed by atoms with Gasteiger partial charge >= 0.3 is 0 Å². The van der Waals surface area contributed by atoms with Crippen molar-refractivity contribution >= 4 is 31.6 Å². The van der Waals surface area contributed by atoms with Crippen LogP contribution in [-0.4, -0.2) is 85.5 Å². The number of hydrogen-bond acceptors (Lipinski definition) is 8. The van der Waals surface area contributed by atoms with E-state index in [1.165, 1.54) is 63.7 Å². The van der Waals surface area contributed by atoms with Crippen LogP contribution in [0.25, 0.3) is 0 Å². The van der Waals surface area contributed by atoms with Crippen LogP contribution in [0.3, 0.4) is 0 Å². The number of aliphatic hydroxyl groups is 1. The number of carbonyl (C=O) groups excluding carboxylic acids is 1. The molecule has 4 rings (SSSR count). The Labute approximate surface area is 234 Å². The number of nitrogens with one attached hydrogen (secondary N) is 1. The average Bonchev–Trinajstić information content (AvgIpc) is 3.38. The Bertz CT molecular complexity index is 1580. The van der Waals surface area contributed by atoms with Crippen LogP contribution in [0, 0.1) is 5.92 Å². The Morgan fingerprint density at radius 1 is 1.15 bits per heavy atom.